The van der Waals surface area contributed by atoms with E-state index in [1.807, 2.05) is 12.1 Å². The van der Waals surface area contributed by atoms with E-state index in [0.717, 1.165) is 12.3 Å². The molecule has 1 aromatic carbocycles. The summed E-state index contributed by atoms with van der Waals surface area (Å²) in [5.41, 5.74) is 1.24. The first kappa shape index (κ1) is 15.3. The lowest BCUT2D eigenvalue weighted by atomic mass is 9.89. The average Bonchev–Trinajstić information content (AvgIpc) is 2.44. The molecule has 3 heteroatoms. The molecule has 1 aliphatic rings. The molecule has 1 aromatic rings. The van der Waals surface area contributed by atoms with Crippen LogP contribution in [0.15, 0.2) is 24.3 Å². The van der Waals surface area contributed by atoms with Crippen molar-refractivity contribution in [2.24, 2.45) is 5.92 Å². The molecule has 112 valence electrons. The smallest absolute Gasteiger partial charge is 0.123 e. The summed E-state index contributed by atoms with van der Waals surface area (Å²) in [6, 6.07) is 9.82. The summed E-state index contributed by atoms with van der Waals surface area (Å²) in [6.07, 6.45) is 1.21. The molecule has 0 saturated carbocycles. The molecule has 1 heterocycles. The number of likely N-dealkylation sites (tertiary alicyclic amines) is 1. The Kier molecular flexibility index (Phi) is 5.06. The highest BCUT2D eigenvalue weighted by molar-refractivity contribution is 5.35. The second-order valence-electron chi connectivity index (χ2n) is 6.24. The van der Waals surface area contributed by atoms with Crippen molar-refractivity contribution in [3.05, 3.63) is 29.8 Å². The van der Waals surface area contributed by atoms with Crippen LogP contribution in [0.5, 0.6) is 5.75 Å². The van der Waals surface area contributed by atoms with Gasteiger partial charge in [-0.3, -0.25) is 0 Å². The third-order valence-corrected chi connectivity index (χ3v) is 4.68. The fraction of sp³-hybridized carbons (Fsp3) is 0.647. The zero-order chi connectivity index (χ0) is 14.7. The summed E-state index contributed by atoms with van der Waals surface area (Å²) in [6.45, 7) is 8.05. The van der Waals surface area contributed by atoms with Gasteiger partial charge in [-0.05, 0) is 39.3 Å². The van der Waals surface area contributed by atoms with Crippen molar-refractivity contribution in [3.8, 4) is 5.75 Å². The molecule has 1 saturated heterocycles. The number of piperidine rings is 1. The first-order valence-electron chi connectivity index (χ1n) is 7.62. The van der Waals surface area contributed by atoms with E-state index in [0.29, 0.717) is 24.0 Å². The van der Waals surface area contributed by atoms with Gasteiger partial charge in [0.25, 0.3) is 0 Å². The maximum atomic E-state index is 5.47. The number of rotatable bonds is 4. The molecule has 4 atom stereocenters. The minimum absolute atomic E-state index is 0.314. The number of para-hydroxylation sites is 1. The van der Waals surface area contributed by atoms with Gasteiger partial charge in [0.1, 0.15) is 5.75 Å². The Balaban J connectivity index is 2.05. The molecular weight excluding hydrogens is 248 g/mol. The lowest BCUT2D eigenvalue weighted by Gasteiger charge is -2.41. The number of ether oxygens (including phenoxy) is 1. The van der Waals surface area contributed by atoms with E-state index < -0.39 is 0 Å². The van der Waals surface area contributed by atoms with Crippen LogP contribution in [0.3, 0.4) is 0 Å². The summed E-state index contributed by atoms with van der Waals surface area (Å²) in [5.74, 6) is 1.65. The monoisotopic (exact) mass is 276 g/mol. The van der Waals surface area contributed by atoms with Gasteiger partial charge in [-0.1, -0.05) is 25.1 Å². The molecular formula is C17H28N2O. The predicted molar refractivity (Wildman–Crippen MR) is 84.2 cm³/mol. The molecule has 0 bridgehead atoms. The van der Waals surface area contributed by atoms with E-state index in [4.69, 9.17) is 4.74 Å². The summed E-state index contributed by atoms with van der Waals surface area (Å²) in [7, 11) is 3.97. The third kappa shape index (κ3) is 3.33. The standard InChI is InChI=1S/C17H28N2O/c1-12-11-19(4)13(2)10-16(12)18-14(3)15-8-6-7-9-17(15)20-5/h6-9,12-14,16,18H,10-11H2,1-5H3. The number of hydrogen-bond donors (Lipinski definition) is 1. The van der Waals surface area contributed by atoms with Gasteiger partial charge in [-0.15, -0.1) is 0 Å². The van der Waals surface area contributed by atoms with Crippen LogP contribution in [0.1, 0.15) is 38.8 Å². The van der Waals surface area contributed by atoms with Crippen LogP contribution in [0.4, 0.5) is 0 Å². The minimum Gasteiger partial charge on any atom is -0.496 e. The normalized spacial score (nSPS) is 29.1. The highest BCUT2D eigenvalue weighted by atomic mass is 16.5. The molecule has 1 fully saturated rings. The molecule has 0 radical (unpaired) electrons. The van der Waals surface area contributed by atoms with E-state index in [-0.39, 0.29) is 0 Å². The van der Waals surface area contributed by atoms with E-state index in [1.54, 1.807) is 7.11 Å². The lowest BCUT2D eigenvalue weighted by Crippen LogP contribution is -2.51. The maximum absolute atomic E-state index is 5.47. The number of nitrogens with one attached hydrogen (secondary N) is 1. The van der Waals surface area contributed by atoms with E-state index in [2.05, 4.69) is 50.2 Å². The molecule has 4 unspecified atom stereocenters. The van der Waals surface area contributed by atoms with Crippen molar-refractivity contribution in [1.29, 1.82) is 0 Å². The van der Waals surface area contributed by atoms with Crippen molar-refractivity contribution in [3.63, 3.8) is 0 Å². The van der Waals surface area contributed by atoms with E-state index >= 15 is 0 Å². The average molecular weight is 276 g/mol. The minimum atomic E-state index is 0.314. The van der Waals surface area contributed by atoms with E-state index in [9.17, 15) is 0 Å². The Labute approximate surface area is 123 Å². The van der Waals surface area contributed by atoms with E-state index in [1.165, 1.54) is 12.0 Å². The Hall–Kier alpha value is -1.06. The highest BCUT2D eigenvalue weighted by Gasteiger charge is 2.30. The molecule has 20 heavy (non-hydrogen) atoms. The van der Waals surface area contributed by atoms with Gasteiger partial charge >= 0.3 is 0 Å². The molecule has 3 nitrogen and oxygen atoms in total. The summed E-state index contributed by atoms with van der Waals surface area (Å²) in [5, 5.41) is 3.80. The largest absolute Gasteiger partial charge is 0.496 e. The van der Waals surface area contributed by atoms with Crippen molar-refractivity contribution in [2.45, 2.75) is 45.3 Å². The molecule has 2 rings (SSSR count). The Morgan fingerprint density at radius 2 is 2.00 bits per heavy atom. The van der Waals surface area contributed by atoms with Gasteiger partial charge < -0.3 is 15.0 Å². The zero-order valence-corrected chi connectivity index (χ0v) is 13.4. The van der Waals surface area contributed by atoms with Crippen LogP contribution >= 0.6 is 0 Å². The van der Waals surface area contributed by atoms with Crippen LogP contribution in [0, 0.1) is 5.92 Å². The van der Waals surface area contributed by atoms with Crippen LogP contribution in [-0.2, 0) is 0 Å². The van der Waals surface area contributed by atoms with Crippen LogP contribution in [0.25, 0.3) is 0 Å². The summed E-state index contributed by atoms with van der Waals surface area (Å²) >= 11 is 0. The highest BCUT2D eigenvalue weighted by Crippen LogP contribution is 2.28. The zero-order valence-electron chi connectivity index (χ0n) is 13.4. The van der Waals surface area contributed by atoms with Gasteiger partial charge in [0.05, 0.1) is 7.11 Å². The molecule has 0 aromatic heterocycles. The number of methoxy groups -OCH3 is 1. The lowest BCUT2D eigenvalue weighted by molar-refractivity contribution is 0.116. The molecule has 0 aliphatic carbocycles. The van der Waals surface area contributed by atoms with Gasteiger partial charge in [-0.2, -0.15) is 0 Å². The van der Waals surface area contributed by atoms with Crippen molar-refractivity contribution < 1.29 is 4.74 Å². The third-order valence-electron chi connectivity index (χ3n) is 4.68. The quantitative estimate of drug-likeness (QED) is 0.914. The van der Waals surface area contributed by atoms with Crippen molar-refractivity contribution in [1.82, 2.24) is 10.2 Å². The fourth-order valence-corrected chi connectivity index (χ4v) is 3.21. The molecule has 0 spiro atoms. The molecule has 0 amide bonds. The van der Waals surface area contributed by atoms with Gasteiger partial charge in [0, 0.05) is 30.2 Å². The Morgan fingerprint density at radius 3 is 2.70 bits per heavy atom. The topological polar surface area (TPSA) is 24.5 Å². The van der Waals surface area contributed by atoms with Gasteiger partial charge in [-0.25, -0.2) is 0 Å². The van der Waals surface area contributed by atoms with Gasteiger partial charge in [0.15, 0.2) is 0 Å². The molecule has 1 aliphatic heterocycles. The first-order valence-corrected chi connectivity index (χ1v) is 7.62. The second-order valence-corrected chi connectivity index (χ2v) is 6.24. The van der Waals surface area contributed by atoms with Gasteiger partial charge in [0.2, 0.25) is 0 Å². The second kappa shape index (κ2) is 6.59. The molecule has 1 N–H and O–H groups in total. The van der Waals surface area contributed by atoms with Crippen molar-refractivity contribution in [2.75, 3.05) is 20.7 Å². The Bertz CT molecular complexity index is 435. The SMILES string of the molecule is COc1ccccc1C(C)NC1CC(C)N(C)CC1C. The van der Waals surface area contributed by atoms with Crippen LogP contribution in [-0.4, -0.2) is 37.7 Å². The summed E-state index contributed by atoms with van der Waals surface area (Å²) in [4.78, 5) is 2.45. The summed E-state index contributed by atoms with van der Waals surface area (Å²) < 4.78 is 5.47. The fourth-order valence-electron chi connectivity index (χ4n) is 3.21. The van der Waals surface area contributed by atoms with Crippen molar-refractivity contribution >= 4 is 0 Å². The van der Waals surface area contributed by atoms with Crippen LogP contribution < -0.4 is 10.1 Å². The Morgan fingerprint density at radius 1 is 1.30 bits per heavy atom. The predicted octanol–water partition coefficient (Wildman–Crippen LogP) is 3.07. The number of hydrogen-bond acceptors (Lipinski definition) is 3. The maximum Gasteiger partial charge on any atom is 0.123 e. The first-order chi connectivity index (χ1) is 9.52. The number of benzene rings is 1. The number of nitrogens with zero attached hydrogens (tertiary/aromatic N) is 1. The van der Waals surface area contributed by atoms with Crippen LogP contribution in [0.2, 0.25) is 0 Å².